The Morgan fingerprint density at radius 1 is 1.00 bits per heavy atom. The molecule has 1 nitrogen and oxygen atoms in total. The minimum Gasteiger partial charge on any atom is -0.392 e. The van der Waals surface area contributed by atoms with Crippen LogP contribution in [0.2, 0.25) is 0 Å². The number of rotatable bonds is 5. The van der Waals surface area contributed by atoms with Crippen molar-refractivity contribution in [1.82, 2.24) is 0 Å². The van der Waals surface area contributed by atoms with Crippen molar-refractivity contribution < 1.29 is 5.11 Å². The van der Waals surface area contributed by atoms with Crippen molar-refractivity contribution in [2.24, 2.45) is 0 Å². The van der Waals surface area contributed by atoms with E-state index in [2.05, 4.69) is 61.5 Å². The van der Waals surface area contributed by atoms with Gasteiger partial charge in [-0.1, -0.05) is 55.5 Å². The Morgan fingerprint density at radius 2 is 1.71 bits per heavy atom. The highest BCUT2D eigenvalue weighted by atomic mass is 32.1. The summed E-state index contributed by atoms with van der Waals surface area (Å²) in [6.07, 6.45) is 1.44. The van der Waals surface area contributed by atoms with E-state index < -0.39 is 0 Å². The van der Waals surface area contributed by atoms with E-state index >= 15 is 0 Å². The minimum atomic E-state index is -0.293. The quantitative estimate of drug-likeness (QED) is 0.702. The highest BCUT2D eigenvalue weighted by Crippen LogP contribution is 2.33. The number of aryl methyl sites for hydroxylation is 1. The summed E-state index contributed by atoms with van der Waals surface area (Å²) in [6.45, 7) is 2.13. The van der Waals surface area contributed by atoms with Crippen molar-refractivity contribution in [3.63, 3.8) is 0 Å². The van der Waals surface area contributed by atoms with Crippen LogP contribution in [0.4, 0.5) is 0 Å². The molecular formula is C19H20OS. The fourth-order valence-electron chi connectivity index (χ4n) is 2.63. The van der Waals surface area contributed by atoms with Gasteiger partial charge < -0.3 is 5.11 Å². The number of thiophene rings is 1. The van der Waals surface area contributed by atoms with Crippen LogP contribution in [0.1, 0.15) is 29.7 Å². The van der Waals surface area contributed by atoms with E-state index in [9.17, 15) is 5.11 Å². The average molecular weight is 296 g/mol. The van der Waals surface area contributed by atoms with Gasteiger partial charge in [-0.15, -0.1) is 11.3 Å². The van der Waals surface area contributed by atoms with Gasteiger partial charge in [-0.25, -0.2) is 0 Å². The number of benzene rings is 2. The second kappa shape index (κ2) is 6.42. The second-order valence-electron chi connectivity index (χ2n) is 5.57. The molecule has 21 heavy (non-hydrogen) atoms. The van der Waals surface area contributed by atoms with Crippen LogP contribution < -0.4 is 0 Å². The van der Waals surface area contributed by atoms with Gasteiger partial charge in [0, 0.05) is 15.5 Å². The van der Waals surface area contributed by atoms with Gasteiger partial charge >= 0.3 is 0 Å². The first-order chi connectivity index (χ1) is 10.2. The Morgan fingerprint density at radius 3 is 2.48 bits per heavy atom. The molecule has 0 spiro atoms. The molecule has 0 fully saturated rings. The largest absolute Gasteiger partial charge is 0.392 e. The molecule has 3 rings (SSSR count). The van der Waals surface area contributed by atoms with E-state index in [1.54, 1.807) is 11.3 Å². The van der Waals surface area contributed by atoms with Gasteiger partial charge in [0.15, 0.2) is 0 Å². The van der Waals surface area contributed by atoms with Gasteiger partial charge in [0.05, 0.1) is 6.10 Å². The van der Waals surface area contributed by atoms with Crippen LogP contribution in [-0.2, 0) is 6.42 Å². The number of hydrogen-bond acceptors (Lipinski definition) is 2. The van der Waals surface area contributed by atoms with Gasteiger partial charge in [0.2, 0.25) is 0 Å². The Bertz CT molecular complexity index is 669. The SMILES string of the molecule is C[C@@H](c1cc2ccccc2s1)[C@H](O)CCc1ccccc1. The maximum Gasteiger partial charge on any atom is 0.0617 e. The predicted molar refractivity (Wildman–Crippen MR) is 91.0 cm³/mol. The van der Waals surface area contributed by atoms with Crippen LogP contribution in [0.3, 0.4) is 0 Å². The van der Waals surface area contributed by atoms with Crippen molar-refractivity contribution in [3.05, 3.63) is 71.1 Å². The molecule has 0 radical (unpaired) electrons. The molecule has 108 valence electrons. The summed E-state index contributed by atoms with van der Waals surface area (Å²) in [5.41, 5.74) is 1.29. The fourth-order valence-corrected chi connectivity index (χ4v) is 3.80. The van der Waals surface area contributed by atoms with E-state index in [-0.39, 0.29) is 12.0 Å². The van der Waals surface area contributed by atoms with Crippen LogP contribution in [0.15, 0.2) is 60.7 Å². The molecule has 0 aliphatic heterocycles. The third kappa shape index (κ3) is 3.34. The van der Waals surface area contributed by atoms with E-state index in [4.69, 9.17) is 0 Å². The van der Waals surface area contributed by atoms with Gasteiger partial charge in [0.25, 0.3) is 0 Å². The maximum atomic E-state index is 10.5. The molecule has 0 aliphatic rings. The summed E-state index contributed by atoms with van der Waals surface area (Å²) in [4.78, 5) is 1.27. The highest BCUT2D eigenvalue weighted by Gasteiger charge is 2.18. The van der Waals surface area contributed by atoms with E-state index in [1.807, 2.05) is 6.07 Å². The lowest BCUT2D eigenvalue weighted by atomic mass is 9.96. The smallest absolute Gasteiger partial charge is 0.0617 e. The molecule has 1 aromatic heterocycles. The van der Waals surface area contributed by atoms with E-state index in [0.717, 1.165) is 12.8 Å². The van der Waals surface area contributed by atoms with Crippen molar-refractivity contribution >= 4 is 21.4 Å². The molecule has 0 saturated heterocycles. The van der Waals surface area contributed by atoms with Crippen LogP contribution in [0, 0.1) is 0 Å². The van der Waals surface area contributed by atoms with Crippen molar-refractivity contribution in [2.45, 2.75) is 31.8 Å². The monoisotopic (exact) mass is 296 g/mol. The molecule has 2 atom stereocenters. The number of hydrogen-bond donors (Lipinski definition) is 1. The maximum absolute atomic E-state index is 10.5. The Hall–Kier alpha value is -1.64. The lowest BCUT2D eigenvalue weighted by molar-refractivity contribution is 0.141. The van der Waals surface area contributed by atoms with Crippen molar-refractivity contribution in [2.75, 3.05) is 0 Å². The molecule has 2 aromatic carbocycles. The van der Waals surface area contributed by atoms with Crippen LogP contribution >= 0.6 is 11.3 Å². The highest BCUT2D eigenvalue weighted by molar-refractivity contribution is 7.19. The standard InChI is InChI=1S/C19H20OS/c1-14(17(20)12-11-15-7-3-2-4-8-15)19-13-16-9-5-6-10-18(16)21-19/h2-10,13-14,17,20H,11-12H2,1H3/t14-,17-/m1/s1. The lowest BCUT2D eigenvalue weighted by Crippen LogP contribution is -2.15. The summed E-state index contributed by atoms with van der Waals surface area (Å²) in [5.74, 6) is 0.186. The summed E-state index contributed by atoms with van der Waals surface area (Å²) in [6, 6.07) is 21.0. The van der Waals surface area contributed by atoms with Crippen molar-refractivity contribution in [3.8, 4) is 0 Å². The summed E-state index contributed by atoms with van der Waals surface area (Å²) >= 11 is 1.80. The van der Waals surface area contributed by atoms with Crippen LogP contribution in [0.25, 0.3) is 10.1 Å². The van der Waals surface area contributed by atoms with Crippen LogP contribution in [0.5, 0.6) is 0 Å². The Kier molecular flexibility index (Phi) is 4.37. The van der Waals surface area contributed by atoms with Gasteiger partial charge in [-0.05, 0) is 35.9 Å². The molecule has 2 heteroatoms. The third-order valence-corrected chi connectivity index (χ3v) is 5.36. The fraction of sp³-hybridized carbons (Fsp3) is 0.263. The number of aliphatic hydroxyl groups is 1. The molecule has 0 saturated carbocycles. The van der Waals surface area contributed by atoms with Gasteiger partial charge in [0.1, 0.15) is 0 Å². The first-order valence-electron chi connectivity index (χ1n) is 7.44. The molecule has 1 heterocycles. The first-order valence-corrected chi connectivity index (χ1v) is 8.26. The normalized spacial score (nSPS) is 14.2. The Labute approximate surface area is 129 Å². The minimum absolute atomic E-state index is 0.186. The van der Waals surface area contributed by atoms with E-state index in [1.165, 1.54) is 20.5 Å². The molecule has 1 N–H and O–H groups in total. The van der Waals surface area contributed by atoms with Gasteiger partial charge in [-0.3, -0.25) is 0 Å². The zero-order valence-corrected chi connectivity index (χ0v) is 13.0. The predicted octanol–water partition coefficient (Wildman–Crippen LogP) is 5.00. The molecular weight excluding hydrogens is 276 g/mol. The van der Waals surface area contributed by atoms with E-state index in [0.29, 0.717) is 0 Å². The number of fused-ring (bicyclic) bond motifs is 1. The number of aliphatic hydroxyl groups excluding tert-OH is 1. The molecule has 0 aliphatic carbocycles. The third-order valence-electron chi connectivity index (χ3n) is 4.04. The van der Waals surface area contributed by atoms with Crippen molar-refractivity contribution in [1.29, 1.82) is 0 Å². The molecule has 3 aromatic rings. The average Bonchev–Trinajstić information content (AvgIpc) is 2.97. The first kappa shape index (κ1) is 14.3. The molecule has 0 bridgehead atoms. The summed E-state index contributed by atoms with van der Waals surface area (Å²) < 4.78 is 1.30. The molecule has 0 unspecified atom stereocenters. The topological polar surface area (TPSA) is 20.2 Å². The second-order valence-corrected chi connectivity index (χ2v) is 6.68. The van der Waals surface area contributed by atoms with Gasteiger partial charge in [-0.2, -0.15) is 0 Å². The summed E-state index contributed by atoms with van der Waals surface area (Å²) in [5, 5.41) is 11.7. The molecule has 0 amide bonds. The zero-order valence-electron chi connectivity index (χ0n) is 12.2. The zero-order chi connectivity index (χ0) is 14.7. The lowest BCUT2D eigenvalue weighted by Gasteiger charge is -2.17. The Balaban J connectivity index is 1.67. The van der Waals surface area contributed by atoms with Crippen LogP contribution in [-0.4, -0.2) is 11.2 Å². The summed E-state index contributed by atoms with van der Waals surface area (Å²) in [7, 11) is 0.